The first kappa shape index (κ1) is 16.5. The maximum absolute atomic E-state index is 11.4. The van der Waals surface area contributed by atoms with Crippen LogP contribution in [-0.2, 0) is 4.79 Å². The standard InChI is InChI=1S/C21H20GeO2/c23-21(24)16-17-22(18-10-4-1-5-11-18,19-12-6-2-7-13-19)20-14-8-3-9-15-20/h1-15H,16-17H2,(H,23,24). The van der Waals surface area contributed by atoms with Gasteiger partial charge in [0.1, 0.15) is 0 Å². The maximum atomic E-state index is 11.4. The summed E-state index contributed by atoms with van der Waals surface area (Å²) in [5.74, 6) is -0.729. The quantitative estimate of drug-likeness (QED) is 0.671. The zero-order valence-corrected chi connectivity index (χ0v) is 15.5. The molecule has 3 rings (SSSR count). The second-order valence-electron chi connectivity index (χ2n) is 5.90. The van der Waals surface area contributed by atoms with Crippen molar-refractivity contribution < 1.29 is 9.90 Å². The zero-order chi connectivity index (χ0) is 16.8. The number of rotatable bonds is 6. The van der Waals surface area contributed by atoms with Crippen molar-refractivity contribution in [1.29, 1.82) is 0 Å². The molecule has 0 aliphatic heterocycles. The molecule has 0 saturated heterocycles. The second kappa shape index (κ2) is 7.49. The summed E-state index contributed by atoms with van der Waals surface area (Å²) in [6, 6.07) is 31.4. The van der Waals surface area contributed by atoms with Gasteiger partial charge in [-0.25, -0.2) is 0 Å². The molecule has 0 heterocycles. The molecular weight excluding hydrogens is 357 g/mol. The molecule has 0 spiro atoms. The number of aliphatic carboxylic acids is 1. The van der Waals surface area contributed by atoms with E-state index in [1.807, 2.05) is 18.2 Å². The van der Waals surface area contributed by atoms with Gasteiger partial charge in [-0.2, -0.15) is 0 Å². The van der Waals surface area contributed by atoms with Gasteiger partial charge in [0.2, 0.25) is 0 Å². The van der Waals surface area contributed by atoms with Gasteiger partial charge in [-0.05, 0) is 0 Å². The molecule has 3 aromatic carbocycles. The van der Waals surface area contributed by atoms with E-state index < -0.39 is 19.2 Å². The van der Waals surface area contributed by atoms with Crippen molar-refractivity contribution in [2.24, 2.45) is 0 Å². The fourth-order valence-corrected chi connectivity index (χ4v) is 13.3. The summed E-state index contributed by atoms with van der Waals surface area (Å²) in [5, 5.41) is 10.0. The van der Waals surface area contributed by atoms with E-state index in [4.69, 9.17) is 0 Å². The molecular formula is C21H20GeO2. The molecule has 0 saturated carbocycles. The van der Waals surface area contributed by atoms with Gasteiger partial charge in [0, 0.05) is 0 Å². The molecule has 0 aliphatic rings. The Kier molecular flexibility index (Phi) is 5.16. The van der Waals surface area contributed by atoms with Crippen LogP contribution in [0, 0.1) is 0 Å². The number of carboxylic acids is 1. The summed E-state index contributed by atoms with van der Waals surface area (Å²) >= 11 is -3.03. The average molecular weight is 377 g/mol. The first-order valence-electron chi connectivity index (χ1n) is 8.12. The van der Waals surface area contributed by atoms with Gasteiger partial charge in [-0.3, -0.25) is 0 Å². The van der Waals surface area contributed by atoms with Crippen molar-refractivity contribution in [3.05, 3.63) is 91.0 Å². The van der Waals surface area contributed by atoms with Crippen LogP contribution >= 0.6 is 0 Å². The third kappa shape index (κ3) is 3.29. The number of hydrogen-bond acceptors (Lipinski definition) is 1. The minimum absolute atomic E-state index is 0.193. The molecule has 0 amide bonds. The van der Waals surface area contributed by atoms with Crippen LogP contribution in [-0.4, -0.2) is 24.3 Å². The summed E-state index contributed by atoms with van der Waals surface area (Å²) in [6.07, 6.45) is 0.193. The number of benzene rings is 3. The van der Waals surface area contributed by atoms with Crippen molar-refractivity contribution in [3.63, 3.8) is 0 Å². The van der Waals surface area contributed by atoms with Crippen LogP contribution < -0.4 is 13.2 Å². The third-order valence-corrected chi connectivity index (χ3v) is 14.9. The van der Waals surface area contributed by atoms with Crippen LogP contribution in [0.5, 0.6) is 0 Å². The van der Waals surface area contributed by atoms with Crippen molar-refractivity contribution >= 4 is 32.4 Å². The molecule has 120 valence electrons. The molecule has 0 fully saturated rings. The number of hydrogen-bond donors (Lipinski definition) is 1. The summed E-state index contributed by atoms with van der Waals surface area (Å²) in [5.41, 5.74) is 0. The van der Waals surface area contributed by atoms with Gasteiger partial charge >= 0.3 is 145 Å². The Balaban J connectivity index is 2.26. The second-order valence-corrected chi connectivity index (χ2v) is 14.4. The number of carbonyl (C=O) groups is 1. The van der Waals surface area contributed by atoms with Gasteiger partial charge in [0.05, 0.1) is 0 Å². The molecule has 3 aromatic rings. The molecule has 3 heteroatoms. The average Bonchev–Trinajstić information content (AvgIpc) is 2.65. The molecule has 0 unspecified atom stereocenters. The van der Waals surface area contributed by atoms with Crippen LogP contribution in [0.25, 0.3) is 0 Å². The Morgan fingerprint density at radius 1 is 0.667 bits per heavy atom. The Bertz CT molecular complexity index is 689. The molecule has 0 aliphatic carbocycles. The molecule has 2 nitrogen and oxygen atoms in total. The minimum atomic E-state index is -3.03. The Hall–Kier alpha value is -2.33. The van der Waals surface area contributed by atoms with Gasteiger partial charge in [-0.1, -0.05) is 0 Å². The zero-order valence-electron chi connectivity index (χ0n) is 13.4. The SMILES string of the molecule is O=C(O)C[CH2][Ge]([c]1ccccc1)([c]1ccccc1)[c]1ccccc1. The summed E-state index contributed by atoms with van der Waals surface area (Å²) in [4.78, 5) is 11.4. The van der Waals surface area contributed by atoms with Crippen molar-refractivity contribution in [3.8, 4) is 0 Å². The predicted octanol–water partition coefficient (Wildman–Crippen LogP) is 2.63. The predicted molar refractivity (Wildman–Crippen MR) is 101 cm³/mol. The Labute approximate surface area is 145 Å². The topological polar surface area (TPSA) is 37.3 Å². The van der Waals surface area contributed by atoms with E-state index in [0.29, 0.717) is 5.25 Å². The third-order valence-electron chi connectivity index (χ3n) is 4.51. The van der Waals surface area contributed by atoms with Crippen molar-refractivity contribution in [2.75, 3.05) is 0 Å². The van der Waals surface area contributed by atoms with Crippen LogP contribution in [0.15, 0.2) is 91.0 Å². The summed E-state index contributed by atoms with van der Waals surface area (Å²) in [6.45, 7) is 0. The summed E-state index contributed by atoms with van der Waals surface area (Å²) < 4.78 is 3.91. The first-order valence-corrected chi connectivity index (χ1v) is 12.7. The van der Waals surface area contributed by atoms with Crippen LogP contribution in [0.2, 0.25) is 5.25 Å². The van der Waals surface area contributed by atoms with E-state index in [9.17, 15) is 9.90 Å². The van der Waals surface area contributed by atoms with Crippen molar-refractivity contribution in [2.45, 2.75) is 11.7 Å². The van der Waals surface area contributed by atoms with E-state index in [-0.39, 0.29) is 6.42 Å². The normalized spacial score (nSPS) is 11.2. The molecule has 24 heavy (non-hydrogen) atoms. The fraction of sp³-hybridized carbons (Fsp3) is 0.0952. The van der Waals surface area contributed by atoms with Gasteiger partial charge in [0.25, 0.3) is 0 Å². The monoisotopic (exact) mass is 378 g/mol. The molecule has 1 N–H and O–H groups in total. The van der Waals surface area contributed by atoms with E-state index in [1.54, 1.807) is 0 Å². The number of carboxylic acid groups (broad SMARTS) is 1. The molecule has 0 radical (unpaired) electrons. The fourth-order valence-electron chi connectivity index (χ4n) is 3.40. The Morgan fingerprint density at radius 3 is 1.29 bits per heavy atom. The van der Waals surface area contributed by atoms with E-state index >= 15 is 0 Å². The Morgan fingerprint density at radius 2 is 1.00 bits per heavy atom. The van der Waals surface area contributed by atoms with Gasteiger partial charge in [0.15, 0.2) is 0 Å². The van der Waals surface area contributed by atoms with E-state index in [1.165, 1.54) is 13.2 Å². The molecule has 0 atom stereocenters. The van der Waals surface area contributed by atoms with Crippen LogP contribution in [0.1, 0.15) is 6.42 Å². The van der Waals surface area contributed by atoms with Gasteiger partial charge < -0.3 is 0 Å². The molecule has 0 aromatic heterocycles. The first-order chi connectivity index (χ1) is 11.7. The summed E-state index contributed by atoms with van der Waals surface area (Å²) in [7, 11) is 0. The molecule has 0 bridgehead atoms. The van der Waals surface area contributed by atoms with Crippen molar-refractivity contribution in [1.82, 2.24) is 0 Å². The van der Waals surface area contributed by atoms with Crippen LogP contribution in [0.4, 0.5) is 0 Å². The van der Waals surface area contributed by atoms with Gasteiger partial charge in [-0.15, -0.1) is 0 Å². The van der Waals surface area contributed by atoms with E-state index in [0.717, 1.165) is 0 Å². The van der Waals surface area contributed by atoms with E-state index in [2.05, 4.69) is 72.8 Å². The van der Waals surface area contributed by atoms with Crippen LogP contribution in [0.3, 0.4) is 0 Å².